The van der Waals surface area contributed by atoms with E-state index in [0.717, 1.165) is 26.1 Å². The number of allylic oxidation sites excluding steroid dienone is 4. The van der Waals surface area contributed by atoms with Gasteiger partial charge in [0.25, 0.3) is 0 Å². The van der Waals surface area contributed by atoms with Crippen LogP contribution < -0.4 is 9.78 Å². The van der Waals surface area contributed by atoms with Crippen LogP contribution in [0, 0.1) is 0 Å². The van der Waals surface area contributed by atoms with Gasteiger partial charge in [-0.05, 0) is 0 Å². The Bertz CT molecular complexity index is 265. The first-order valence-corrected chi connectivity index (χ1v) is 12.3. The molecule has 0 saturated heterocycles. The van der Waals surface area contributed by atoms with Gasteiger partial charge in [-0.15, -0.1) is 0 Å². The van der Waals surface area contributed by atoms with Crippen LogP contribution in [0.4, 0.5) is 0 Å². The summed E-state index contributed by atoms with van der Waals surface area (Å²) in [4.78, 5) is 0. The van der Waals surface area contributed by atoms with Crippen LogP contribution >= 0.6 is 0 Å². The number of hydrogen-bond acceptors (Lipinski definition) is 3. The van der Waals surface area contributed by atoms with Crippen molar-refractivity contribution in [2.45, 2.75) is 46.5 Å². The molecule has 0 aromatic rings. The molecule has 18 heavy (non-hydrogen) atoms. The zero-order chi connectivity index (χ0) is 13.3. The molecule has 1 rings (SSSR count). The summed E-state index contributed by atoms with van der Waals surface area (Å²) in [5.41, 5.74) is 0. The Morgan fingerprint density at radius 2 is 1.44 bits per heavy atom. The minimum atomic E-state index is -2.73. The van der Waals surface area contributed by atoms with Crippen molar-refractivity contribution in [3.63, 3.8) is 0 Å². The van der Waals surface area contributed by atoms with Gasteiger partial charge < -0.3 is 0 Å². The molecule has 0 heterocycles. The van der Waals surface area contributed by atoms with Gasteiger partial charge in [0.05, 0.1) is 0 Å². The Hall–Kier alpha value is 0.243. The van der Waals surface area contributed by atoms with E-state index in [1.807, 2.05) is 0 Å². The van der Waals surface area contributed by atoms with Gasteiger partial charge in [-0.25, -0.2) is 0 Å². The summed E-state index contributed by atoms with van der Waals surface area (Å²) in [7, 11) is 0. The van der Waals surface area contributed by atoms with E-state index in [9.17, 15) is 0 Å². The van der Waals surface area contributed by atoms with Crippen LogP contribution in [-0.2, 0) is 21.1 Å². The van der Waals surface area contributed by atoms with Crippen LogP contribution in [0.1, 0.15) is 46.5 Å². The third kappa shape index (κ3) is 4.73. The SMILES string of the molecule is CCC[NH][Zr]([NH]CCC)([NH]CCC)[C]1=CC=CC1. The van der Waals surface area contributed by atoms with Gasteiger partial charge in [0.15, 0.2) is 0 Å². The van der Waals surface area contributed by atoms with Crippen molar-refractivity contribution in [1.29, 1.82) is 0 Å². The molecule has 1 aliphatic rings. The maximum atomic E-state index is 3.87. The Balaban J connectivity index is 2.76. The van der Waals surface area contributed by atoms with Crippen LogP contribution in [0.3, 0.4) is 0 Å². The molecule has 4 heteroatoms. The molecule has 104 valence electrons. The first kappa shape index (κ1) is 16.3. The quantitative estimate of drug-likeness (QED) is 0.576. The van der Waals surface area contributed by atoms with Crippen molar-refractivity contribution in [2.24, 2.45) is 0 Å². The topological polar surface area (TPSA) is 36.1 Å². The molecule has 0 unspecified atom stereocenters. The predicted molar refractivity (Wildman–Crippen MR) is 76.7 cm³/mol. The molecule has 0 atom stereocenters. The molecular formula is C14H29N3Zr. The van der Waals surface area contributed by atoms with Crippen LogP contribution in [0.15, 0.2) is 21.5 Å². The van der Waals surface area contributed by atoms with E-state index in [0.29, 0.717) is 0 Å². The molecule has 0 radical (unpaired) electrons. The fraction of sp³-hybridized carbons (Fsp3) is 0.714. The molecule has 0 aromatic heterocycles. The fourth-order valence-electron chi connectivity index (χ4n) is 2.19. The van der Waals surface area contributed by atoms with Crippen molar-refractivity contribution in [3.8, 4) is 0 Å². The average molecular weight is 331 g/mol. The second kappa shape index (κ2) is 9.20. The monoisotopic (exact) mass is 329 g/mol. The molecule has 0 saturated carbocycles. The second-order valence-corrected chi connectivity index (χ2v) is 12.7. The van der Waals surface area contributed by atoms with Crippen LogP contribution in [-0.4, -0.2) is 19.6 Å². The number of rotatable bonds is 10. The first-order chi connectivity index (χ1) is 8.79. The second-order valence-electron chi connectivity index (χ2n) is 4.85. The normalized spacial score (nSPS) is 15.2. The Morgan fingerprint density at radius 3 is 1.78 bits per heavy atom. The van der Waals surface area contributed by atoms with E-state index in [-0.39, 0.29) is 0 Å². The third-order valence-corrected chi connectivity index (χ3v) is 12.2. The van der Waals surface area contributed by atoms with Crippen molar-refractivity contribution in [1.82, 2.24) is 9.78 Å². The van der Waals surface area contributed by atoms with E-state index in [1.54, 1.807) is 3.28 Å². The van der Waals surface area contributed by atoms with E-state index < -0.39 is 21.1 Å². The van der Waals surface area contributed by atoms with Crippen molar-refractivity contribution in [3.05, 3.63) is 21.5 Å². The summed E-state index contributed by atoms with van der Waals surface area (Å²) >= 11 is -2.73. The van der Waals surface area contributed by atoms with Gasteiger partial charge in [0.2, 0.25) is 0 Å². The molecule has 0 aliphatic heterocycles. The van der Waals surface area contributed by atoms with E-state index in [2.05, 4.69) is 48.8 Å². The van der Waals surface area contributed by atoms with Gasteiger partial charge in [0, 0.05) is 0 Å². The van der Waals surface area contributed by atoms with E-state index in [4.69, 9.17) is 0 Å². The van der Waals surface area contributed by atoms with Crippen LogP contribution in [0.5, 0.6) is 0 Å². The maximum absolute atomic E-state index is 3.87. The van der Waals surface area contributed by atoms with Crippen LogP contribution in [0.2, 0.25) is 0 Å². The van der Waals surface area contributed by atoms with Gasteiger partial charge in [-0.2, -0.15) is 0 Å². The van der Waals surface area contributed by atoms with Gasteiger partial charge >= 0.3 is 119 Å². The third-order valence-electron chi connectivity index (χ3n) is 3.17. The first-order valence-electron chi connectivity index (χ1n) is 7.40. The van der Waals surface area contributed by atoms with Crippen molar-refractivity contribution >= 4 is 0 Å². The van der Waals surface area contributed by atoms with E-state index in [1.165, 1.54) is 19.3 Å². The van der Waals surface area contributed by atoms with Gasteiger partial charge in [-0.1, -0.05) is 0 Å². The Labute approximate surface area is 118 Å². The average Bonchev–Trinajstić information content (AvgIpc) is 2.93. The minimum absolute atomic E-state index is 1.11. The predicted octanol–water partition coefficient (Wildman–Crippen LogP) is 2.73. The summed E-state index contributed by atoms with van der Waals surface area (Å²) in [5.74, 6) is 0. The number of nitrogens with one attached hydrogen (secondary N) is 3. The summed E-state index contributed by atoms with van der Waals surface area (Å²) in [6.45, 7) is 10.1. The van der Waals surface area contributed by atoms with Crippen molar-refractivity contribution < 1.29 is 21.1 Å². The van der Waals surface area contributed by atoms with E-state index >= 15 is 0 Å². The molecule has 1 aliphatic carbocycles. The summed E-state index contributed by atoms with van der Waals surface area (Å²) in [5, 5.41) is 0. The standard InChI is InChI=1S/C5H5.3C3H8N.Zr/c1-2-4-5-3-1;3*1-2-3-4;/h1-3H,4H2;3*4H,2-3H2,1H3;/q;3*-1;+3. The van der Waals surface area contributed by atoms with Crippen LogP contribution in [0.25, 0.3) is 0 Å². The molecule has 3 N–H and O–H groups in total. The zero-order valence-corrected chi connectivity index (χ0v) is 14.6. The zero-order valence-electron chi connectivity index (χ0n) is 12.2. The molecular weight excluding hydrogens is 301 g/mol. The van der Waals surface area contributed by atoms with Gasteiger partial charge in [-0.3, -0.25) is 0 Å². The summed E-state index contributed by atoms with van der Waals surface area (Å²) in [6.07, 6.45) is 11.5. The van der Waals surface area contributed by atoms with Crippen molar-refractivity contribution in [2.75, 3.05) is 19.6 Å². The molecule has 0 spiro atoms. The molecule has 0 fully saturated rings. The Morgan fingerprint density at radius 1 is 0.944 bits per heavy atom. The molecule has 0 amide bonds. The summed E-state index contributed by atoms with van der Waals surface area (Å²) < 4.78 is 13.2. The fourth-order valence-corrected chi connectivity index (χ4v) is 11.3. The molecule has 3 nitrogen and oxygen atoms in total. The van der Waals surface area contributed by atoms with Gasteiger partial charge in [0.1, 0.15) is 0 Å². The molecule has 0 aromatic carbocycles. The summed E-state index contributed by atoms with van der Waals surface area (Å²) in [6, 6.07) is 0. The number of hydrogen-bond donors (Lipinski definition) is 3. The molecule has 0 bridgehead atoms. The Kier molecular flexibility index (Phi) is 8.33.